The average molecular weight is 258 g/mol. The smallest absolute Gasteiger partial charge is 0.0542 e. The molecule has 0 aliphatic heterocycles. The van der Waals surface area contributed by atoms with Crippen LogP contribution < -0.4 is 5.73 Å². The first-order chi connectivity index (χ1) is 8.69. The van der Waals surface area contributed by atoms with E-state index in [4.69, 9.17) is 5.73 Å². The molecule has 1 aromatic heterocycles. The highest BCUT2D eigenvalue weighted by Crippen LogP contribution is 2.24. The van der Waals surface area contributed by atoms with Crippen LogP contribution in [0.1, 0.15) is 22.4 Å². The largest absolute Gasteiger partial charge is 0.325 e. The minimum absolute atomic E-state index is 0.502. The van der Waals surface area contributed by atoms with Gasteiger partial charge in [0.2, 0.25) is 0 Å². The van der Waals surface area contributed by atoms with Gasteiger partial charge in [-0.05, 0) is 54.8 Å². The summed E-state index contributed by atoms with van der Waals surface area (Å²) in [6, 6.07) is 10.7. The van der Waals surface area contributed by atoms with Crippen molar-refractivity contribution >= 4 is 11.8 Å². The fourth-order valence-corrected chi connectivity index (χ4v) is 2.64. The second kappa shape index (κ2) is 6.03. The van der Waals surface area contributed by atoms with Gasteiger partial charge in [-0.2, -0.15) is 0 Å². The maximum atomic E-state index is 5.59. The van der Waals surface area contributed by atoms with Crippen molar-refractivity contribution in [2.45, 2.75) is 31.0 Å². The van der Waals surface area contributed by atoms with Crippen LogP contribution in [0.4, 0.5) is 0 Å². The molecule has 0 spiro atoms. The molecule has 2 nitrogen and oxygen atoms in total. The monoisotopic (exact) mass is 258 g/mol. The number of aromatic nitrogens is 1. The molecule has 0 fully saturated rings. The Morgan fingerprint density at radius 2 is 1.94 bits per heavy atom. The van der Waals surface area contributed by atoms with E-state index in [0.29, 0.717) is 6.54 Å². The van der Waals surface area contributed by atoms with Gasteiger partial charge in [-0.1, -0.05) is 6.07 Å². The van der Waals surface area contributed by atoms with Crippen LogP contribution in [-0.2, 0) is 12.3 Å². The Hall–Kier alpha value is -1.32. The van der Waals surface area contributed by atoms with Crippen LogP contribution in [0.15, 0.2) is 41.4 Å². The number of hydrogen-bond donors (Lipinski definition) is 1. The lowest BCUT2D eigenvalue weighted by molar-refractivity contribution is 0.983. The fraction of sp³-hybridized carbons (Fsp3) is 0.267. The topological polar surface area (TPSA) is 38.9 Å². The van der Waals surface area contributed by atoms with Crippen molar-refractivity contribution in [3.63, 3.8) is 0 Å². The number of rotatable bonds is 4. The average Bonchev–Trinajstić information content (AvgIpc) is 2.40. The Labute approximate surface area is 113 Å². The Bertz CT molecular complexity index is 538. The summed E-state index contributed by atoms with van der Waals surface area (Å²) in [6.07, 6.45) is 1.83. The number of nitrogens with zero attached hydrogens (tertiary/aromatic N) is 1. The third kappa shape index (κ3) is 3.34. The van der Waals surface area contributed by atoms with E-state index in [9.17, 15) is 0 Å². The summed E-state index contributed by atoms with van der Waals surface area (Å²) in [6.45, 7) is 4.79. The van der Waals surface area contributed by atoms with Crippen LogP contribution in [0, 0.1) is 13.8 Å². The molecule has 3 heteroatoms. The maximum absolute atomic E-state index is 5.59. The molecule has 0 unspecified atom stereocenters. The second-order valence-corrected chi connectivity index (χ2v) is 5.44. The molecular formula is C15H18N2S. The summed E-state index contributed by atoms with van der Waals surface area (Å²) in [5, 5.41) is 0. The Balaban J connectivity index is 2.04. The van der Waals surface area contributed by atoms with Gasteiger partial charge in [0.05, 0.1) is 5.69 Å². The first-order valence-electron chi connectivity index (χ1n) is 6.03. The highest BCUT2D eigenvalue weighted by atomic mass is 32.2. The van der Waals surface area contributed by atoms with Gasteiger partial charge < -0.3 is 5.73 Å². The molecule has 0 aliphatic rings. The summed E-state index contributed by atoms with van der Waals surface area (Å²) < 4.78 is 0. The number of thioether (sulfide) groups is 1. The molecular weight excluding hydrogens is 240 g/mol. The second-order valence-electron chi connectivity index (χ2n) is 4.39. The van der Waals surface area contributed by atoms with E-state index in [1.165, 1.54) is 21.6 Å². The van der Waals surface area contributed by atoms with Gasteiger partial charge in [-0.25, -0.2) is 0 Å². The SMILES string of the molecule is Cc1ccc(SCc2ccnc(CN)c2)cc1C. The molecule has 0 atom stereocenters. The van der Waals surface area contributed by atoms with Gasteiger partial charge in [0.1, 0.15) is 0 Å². The van der Waals surface area contributed by atoms with E-state index in [2.05, 4.69) is 43.1 Å². The van der Waals surface area contributed by atoms with Crippen molar-refractivity contribution in [1.29, 1.82) is 0 Å². The number of aryl methyl sites for hydroxylation is 2. The van der Waals surface area contributed by atoms with Crippen LogP contribution in [0.5, 0.6) is 0 Å². The summed E-state index contributed by atoms with van der Waals surface area (Å²) in [4.78, 5) is 5.51. The van der Waals surface area contributed by atoms with Gasteiger partial charge in [0, 0.05) is 23.4 Å². The highest BCUT2D eigenvalue weighted by Gasteiger charge is 2.00. The van der Waals surface area contributed by atoms with Gasteiger partial charge in [-0.3, -0.25) is 4.98 Å². The Kier molecular flexibility index (Phi) is 4.39. The normalized spacial score (nSPS) is 10.6. The molecule has 0 saturated carbocycles. The van der Waals surface area contributed by atoms with Crippen LogP contribution in [0.25, 0.3) is 0 Å². The fourth-order valence-electron chi connectivity index (χ4n) is 1.70. The maximum Gasteiger partial charge on any atom is 0.0542 e. The van der Waals surface area contributed by atoms with Crippen LogP contribution in [0.3, 0.4) is 0 Å². The van der Waals surface area contributed by atoms with Crippen molar-refractivity contribution in [2.75, 3.05) is 0 Å². The summed E-state index contributed by atoms with van der Waals surface area (Å²) in [5.41, 5.74) is 10.5. The van der Waals surface area contributed by atoms with E-state index < -0.39 is 0 Å². The first-order valence-corrected chi connectivity index (χ1v) is 7.01. The van der Waals surface area contributed by atoms with Gasteiger partial charge in [0.15, 0.2) is 0 Å². The van der Waals surface area contributed by atoms with E-state index >= 15 is 0 Å². The zero-order chi connectivity index (χ0) is 13.0. The highest BCUT2D eigenvalue weighted by molar-refractivity contribution is 7.98. The third-order valence-corrected chi connectivity index (χ3v) is 4.04. The molecule has 94 valence electrons. The van der Waals surface area contributed by atoms with E-state index in [-0.39, 0.29) is 0 Å². The minimum atomic E-state index is 0.502. The molecule has 2 N–H and O–H groups in total. The van der Waals surface area contributed by atoms with Gasteiger partial charge in [-0.15, -0.1) is 11.8 Å². The Morgan fingerprint density at radius 1 is 1.11 bits per heavy atom. The first kappa shape index (κ1) is 13.1. The third-order valence-electron chi connectivity index (χ3n) is 2.97. The molecule has 0 bridgehead atoms. The zero-order valence-electron chi connectivity index (χ0n) is 10.8. The molecule has 0 radical (unpaired) electrons. The number of nitrogens with two attached hydrogens (primary N) is 1. The number of pyridine rings is 1. The molecule has 1 heterocycles. The quantitative estimate of drug-likeness (QED) is 0.854. The predicted octanol–water partition coefficient (Wildman–Crippen LogP) is 3.45. The van der Waals surface area contributed by atoms with Crippen molar-refractivity contribution in [2.24, 2.45) is 5.73 Å². The molecule has 1 aromatic carbocycles. The number of hydrogen-bond acceptors (Lipinski definition) is 3. The molecule has 18 heavy (non-hydrogen) atoms. The lowest BCUT2D eigenvalue weighted by atomic mass is 10.1. The predicted molar refractivity (Wildman–Crippen MR) is 77.6 cm³/mol. The van der Waals surface area contributed by atoms with E-state index in [1.54, 1.807) is 0 Å². The molecule has 2 rings (SSSR count). The van der Waals surface area contributed by atoms with Crippen molar-refractivity contribution < 1.29 is 0 Å². The van der Waals surface area contributed by atoms with Gasteiger partial charge >= 0.3 is 0 Å². The summed E-state index contributed by atoms with van der Waals surface area (Å²) in [5.74, 6) is 0.956. The van der Waals surface area contributed by atoms with Crippen LogP contribution >= 0.6 is 11.8 Å². The minimum Gasteiger partial charge on any atom is -0.325 e. The molecule has 0 aliphatic carbocycles. The van der Waals surface area contributed by atoms with Crippen LogP contribution in [0.2, 0.25) is 0 Å². The lowest BCUT2D eigenvalue weighted by Crippen LogP contribution is -1.99. The zero-order valence-corrected chi connectivity index (χ0v) is 11.6. The Morgan fingerprint density at radius 3 is 2.67 bits per heavy atom. The summed E-state index contributed by atoms with van der Waals surface area (Å²) in [7, 11) is 0. The van der Waals surface area contributed by atoms with Crippen LogP contribution in [-0.4, -0.2) is 4.98 Å². The molecule has 2 aromatic rings. The summed E-state index contributed by atoms with van der Waals surface area (Å²) >= 11 is 1.85. The van der Waals surface area contributed by atoms with Crippen molar-refractivity contribution in [3.05, 3.63) is 58.9 Å². The van der Waals surface area contributed by atoms with Crippen molar-refractivity contribution in [3.8, 4) is 0 Å². The van der Waals surface area contributed by atoms with Gasteiger partial charge in [0.25, 0.3) is 0 Å². The van der Waals surface area contributed by atoms with E-state index in [1.807, 2.05) is 24.0 Å². The van der Waals surface area contributed by atoms with E-state index in [0.717, 1.165) is 11.4 Å². The number of benzene rings is 1. The molecule has 0 saturated heterocycles. The molecule has 0 amide bonds. The lowest BCUT2D eigenvalue weighted by Gasteiger charge is -2.06. The standard InChI is InChI=1S/C15H18N2S/c1-11-3-4-15(7-12(11)2)18-10-13-5-6-17-14(8-13)9-16/h3-8H,9-10,16H2,1-2H3. The van der Waals surface area contributed by atoms with Crippen molar-refractivity contribution in [1.82, 2.24) is 4.98 Å².